The second-order valence-corrected chi connectivity index (χ2v) is 2.48. The molecule has 1 aromatic heterocycles. The number of nitrogens with zero attached hydrogens (tertiary/aromatic N) is 2. The summed E-state index contributed by atoms with van der Waals surface area (Å²) in [5.41, 5.74) is 0. The second-order valence-electron chi connectivity index (χ2n) is 1.21. The Balaban J connectivity index is 3.04. The molecule has 0 aliphatic rings. The molecule has 3 heteroatoms. The quantitative estimate of drug-likeness (QED) is 0.502. The van der Waals surface area contributed by atoms with Crippen molar-refractivity contribution in [2.75, 3.05) is 0 Å². The van der Waals surface area contributed by atoms with Crippen LogP contribution in [0, 0.1) is 13.8 Å². The van der Waals surface area contributed by atoms with Crippen LogP contribution in [0.1, 0.15) is 10.0 Å². The maximum atomic E-state index is 3.72. The highest BCUT2D eigenvalue weighted by atomic mass is 32.1. The van der Waals surface area contributed by atoms with Crippen molar-refractivity contribution in [1.29, 1.82) is 0 Å². The molecule has 0 saturated heterocycles. The Morgan fingerprint density at radius 1 is 1.57 bits per heavy atom. The molecule has 0 atom stereocenters. The Morgan fingerprint density at radius 2 is 2.29 bits per heavy atom. The zero-order valence-electron chi connectivity index (χ0n) is 4.01. The topological polar surface area (TPSA) is 25.8 Å². The molecule has 1 radical (unpaired) electrons. The minimum Gasteiger partial charge on any atom is -0.144 e. The smallest absolute Gasteiger partial charge is 0.117 e. The number of hydrogen-bond acceptors (Lipinski definition) is 3. The Bertz CT molecular complexity index is 142. The van der Waals surface area contributed by atoms with Crippen LogP contribution in [0.25, 0.3) is 0 Å². The first-order valence-electron chi connectivity index (χ1n) is 1.91. The van der Waals surface area contributed by atoms with Crippen molar-refractivity contribution in [3.63, 3.8) is 0 Å². The lowest BCUT2D eigenvalue weighted by Gasteiger charge is -1.64. The SMILES string of the molecule is [CH2]c1nnc(C)s1. The van der Waals surface area contributed by atoms with Gasteiger partial charge >= 0.3 is 0 Å². The van der Waals surface area contributed by atoms with E-state index >= 15 is 0 Å². The lowest BCUT2D eigenvalue weighted by molar-refractivity contribution is 1.03. The first kappa shape index (κ1) is 4.71. The predicted octanol–water partition coefficient (Wildman–Crippen LogP) is 1.03. The maximum Gasteiger partial charge on any atom is 0.117 e. The molecule has 0 aliphatic carbocycles. The average molecular weight is 113 g/mol. The van der Waals surface area contributed by atoms with Gasteiger partial charge in [0.1, 0.15) is 10.0 Å². The number of hydrogen-bond donors (Lipinski definition) is 0. The van der Waals surface area contributed by atoms with Crippen molar-refractivity contribution in [2.24, 2.45) is 0 Å². The average Bonchev–Trinajstić information content (AvgIpc) is 1.87. The van der Waals surface area contributed by atoms with E-state index in [0.717, 1.165) is 10.0 Å². The third kappa shape index (κ3) is 0.962. The zero-order valence-corrected chi connectivity index (χ0v) is 4.83. The van der Waals surface area contributed by atoms with E-state index in [1.807, 2.05) is 6.92 Å². The normalized spacial score (nSPS) is 9.43. The van der Waals surface area contributed by atoms with Gasteiger partial charge in [-0.05, 0) is 6.92 Å². The largest absolute Gasteiger partial charge is 0.144 e. The molecule has 0 fully saturated rings. The first-order valence-corrected chi connectivity index (χ1v) is 2.73. The molecule has 2 nitrogen and oxygen atoms in total. The summed E-state index contributed by atoms with van der Waals surface area (Å²) in [4.78, 5) is 0. The standard InChI is InChI=1S/C4H5N2S/c1-3-5-6-4(2)7-3/h1H2,2H3. The van der Waals surface area contributed by atoms with Crippen LogP contribution in [0.3, 0.4) is 0 Å². The van der Waals surface area contributed by atoms with Crippen molar-refractivity contribution in [3.05, 3.63) is 16.9 Å². The molecule has 0 bridgehead atoms. The minimum absolute atomic E-state index is 0.789. The third-order valence-electron chi connectivity index (χ3n) is 0.568. The molecule has 0 amide bonds. The molecule has 0 aromatic carbocycles. The summed E-state index contributed by atoms with van der Waals surface area (Å²) < 4.78 is 0. The summed E-state index contributed by atoms with van der Waals surface area (Å²) in [7, 11) is 0. The molecule has 37 valence electrons. The highest BCUT2D eigenvalue weighted by molar-refractivity contribution is 7.11. The molecular formula is C4H5N2S. The lowest BCUT2D eigenvalue weighted by Crippen LogP contribution is -1.68. The van der Waals surface area contributed by atoms with E-state index in [2.05, 4.69) is 17.1 Å². The number of rotatable bonds is 0. The molecule has 0 unspecified atom stereocenters. The van der Waals surface area contributed by atoms with Gasteiger partial charge in [-0.1, -0.05) is 0 Å². The van der Waals surface area contributed by atoms with Crippen LogP contribution in [0.4, 0.5) is 0 Å². The summed E-state index contributed by atoms with van der Waals surface area (Å²) in [5, 5.41) is 9.16. The van der Waals surface area contributed by atoms with Crippen molar-refractivity contribution < 1.29 is 0 Å². The van der Waals surface area contributed by atoms with Crippen LogP contribution in [0.15, 0.2) is 0 Å². The van der Waals surface area contributed by atoms with Gasteiger partial charge in [0.2, 0.25) is 0 Å². The van der Waals surface area contributed by atoms with Crippen LogP contribution < -0.4 is 0 Å². The van der Waals surface area contributed by atoms with Crippen molar-refractivity contribution in [2.45, 2.75) is 6.92 Å². The van der Waals surface area contributed by atoms with E-state index in [1.54, 1.807) is 0 Å². The Kier molecular flexibility index (Phi) is 1.06. The summed E-state index contributed by atoms with van der Waals surface area (Å²) in [5.74, 6) is 0. The van der Waals surface area contributed by atoms with Gasteiger partial charge in [-0.25, -0.2) is 0 Å². The zero-order chi connectivity index (χ0) is 5.28. The van der Waals surface area contributed by atoms with E-state index in [-0.39, 0.29) is 0 Å². The van der Waals surface area contributed by atoms with E-state index in [0.29, 0.717) is 0 Å². The minimum atomic E-state index is 0.789. The lowest BCUT2D eigenvalue weighted by atomic mass is 10.9. The van der Waals surface area contributed by atoms with E-state index in [4.69, 9.17) is 0 Å². The molecule has 1 heterocycles. The Morgan fingerprint density at radius 3 is 2.43 bits per heavy atom. The van der Waals surface area contributed by atoms with Crippen LogP contribution in [0.5, 0.6) is 0 Å². The van der Waals surface area contributed by atoms with E-state index in [9.17, 15) is 0 Å². The van der Waals surface area contributed by atoms with Gasteiger partial charge in [-0.15, -0.1) is 21.5 Å². The number of aryl methyl sites for hydroxylation is 1. The van der Waals surface area contributed by atoms with E-state index < -0.39 is 0 Å². The van der Waals surface area contributed by atoms with E-state index in [1.165, 1.54) is 11.3 Å². The molecule has 0 aliphatic heterocycles. The van der Waals surface area contributed by atoms with Crippen molar-refractivity contribution in [1.82, 2.24) is 10.2 Å². The highest BCUT2D eigenvalue weighted by Gasteiger charge is 1.88. The number of aromatic nitrogens is 2. The van der Waals surface area contributed by atoms with Crippen molar-refractivity contribution in [3.8, 4) is 0 Å². The molecule has 1 aromatic rings. The summed E-state index contributed by atoms with van der Waals surface area (Å²) in [6.07, 6.45) is 0. The van der Waals surface area contributed by atoms with Crippen LogP contribution in [0.2, 0.25) is 0 Å². The summed E-state index contributed by atoms with van der Waals surface area (Å²) in [6, 6.07) is 0. The van der Waals surface area contributed by atoms with Crippen molar-refractivity contribution >= 4 is 11.3 Å². The van der Waals surface area contributed by atoms with Crippen LogP contribution in [-0.4, -0.2) is 10.2 Å². The predicted molar refractivity (Wildman–Crippen MR) is 29.1 cm³/mol. The second kappa shape index (κ2) is 1.58. The Hall–Kier alpha value is -0.440. The molecule has 0 saturated carbocycles. The summed E-state index contributed by atoms with van der Waals surface area (Å²) >= 11 is 1.51. The molecule has 1 rings (SSSR count). The maximum absolute atomic E-state index is 3.72. The fraction of sp³-hybridized carbons (Fsp3) is 0.250. The van der Waals surface area contributed by atoms with Gasteiger partial charge in [0, 0.05) is 6.92 Å². The first-order chi connectivity index (χ1) is 3.29. The molecule has 7 heavy (non-hydrogen) atoms. The van der Waals surface area contributed by atoms with Gasteiger partial charge < -0.3 is 0 Å². The van der Waals surface area contributed by atoms with Gasteiger partial charge in [0.15, 0.2) is 0 Å². The van der Waals surface area contributed by atoms with Gasteiger partial charge in [-0.2, -0.15) is 0 Å². The molecule has 0 N–H and O–H groups in total. The fourth-order valence-electron chi connectivity index (χ4n) is 0.338. The Labute approximate surface area is 46.2 Å². The van der Waals surface area contributed by atoms with Gasteiger partial charge in [0.05, 0.1) is 0 Å². The molecular weight excluding hydrogens is 108 g/mol. The third-order valence-corrected chi connectivity index (χ3v) is 1.26. The van der Waals surface area contributed by atoms with Gasteiger partial charge in [-0.3, -0.25) is 0 Å². The monoisotopic (exact) mass is 113 g/mol. The van der Waals surface area contributed by atoms with Gasteiger partial charge in [0.25, 0.3) is 0 Å². The fourth-order valence-corrected chi connectivity index (χ4v) is 0.842. The van der Waals surface area contributed by atoms with Crippen LogP contribution in [-0.2, 0) is 0 Å². The highest BCUT2D eigenvalue weighted by Crippen LogP contribution is 2.03. The van der Waals surface area contributed by atoms with Crippen LogP contribution >= 0.6 is 11.3 Å². The summed E-state index contributed by atoms with van der Waals surface area (Å²) in [6.45, 7) is 5.50. The molecule has 0 spiro atoms.